The molecule has 0 radical (unpaired) electrons. The number of Topliss-reactive ketones (excluding diaryl/α,β-unsaturated/α-hetero) is 1. The van der Waals surface area contributed by atoms with Gasteiger partial charge in [-0.1, -0.05) is 42.5 Å². The lowest BCUT2D eigenvalue weighted by Crippen LogP contribution is -2.07. The van der Waals surface area contributed by atoms with Crippen LogP contribution in [0.25, 0.3) is 0 Å². The Bertz CT molecular complexity index is 699. The number of ketones is 1. The zero-order chi connectivity index (χ0) is 15.9. The molecule has 0 bridgehead atoms. The van der Waals surface area contributed by atoms with Gasteiger partial charge in [0, 0.05) is 12.0 Å². The van der Waals surface area contributed by atoms with E-state index in [1.54, 1.807) is 48.5 Å². The van der Waals surface area contributed by atoms with E-state index in [9.17, 15) is 14.9 Å². The van der Waals surface area contributed by atoms with Crippen molar-refractivity contribution in [2.45, 2.75) is 12.3 Å². The van der Waals surface area contributed by atoms with Crippen LogP contribution in [0.2, 0.25) is 0 Å². The van der Waals surface area contributed by atoms with Crippen molar-refractivity contribution in [3.63, 3.8) is 0 Å². The molecule has 0 amide bonds. The average molecular weight is 293 g/mol. The molecule has 4 nitrogen and oxygen atoms in total. The van der Waals surface area contributed by atoms with E-state index in [1.807, 2.05) is 6.07 Å². The normalized spacial score (nSPS) is 11.3. The van der Waals surface area contributed by atoms with Crippen LogP contribution in [0.5, 0.6) is 0 Å². The number of hydrogen-bond donors (Lipinski definition) is 0. The van der Waals surface area contributed by atoms with Gasteiger partial charge >= 0.3 is 5.97 Å². The fourth-order valence-electron chi connectivity index (χ4n) is 2.13. The number of carbonyl (C=O) groups is 2. The minimum atomic E-state index is -0.542. The number of nitriles is 1. The lowest BCUT2D eigenvalue weighted by molar-refractivity contribution is 0.0600. The Balaban J connectivity index is 2.14. The predicted octanol–water partition coefficient (Wildman–Crippen LogP) is 3.35. The van der Waals surface area contributed by atoms with E-state index >= 15 is 0 Å². The van der Waals surface area contributed by atoms with E-state index in [-0.39, 0.29) is 12.2 Å². The minimum Gasteiger partial charge on any atom is -0.465 e. The van der Waals surface area contributed by atoms with E-state index in [0.29, 0.717) is 16.7 Å². The summed E-state index contributed by atoms with van der Waals surface area (Å²) < 4.78 is 4.63. The van der Waals surface area contributed by atoms with Gasteiger partial charge < -0.3 is 4.74 Å². The highest BCUT2D eigenvalue weighted by Gasteiger charge is 2.17. The molecule has 2 aromatic carbocycles. The average Bonchev–Trinajstić information content (AvgIpc) is 2.59. The highest BCUT2D eigenvalue weighted by atomic mass is 16.5. The SMILES string of the molecule is COC(=O)c1ccc(C(C#N)CC(=O)c2ccccc2)cc1. The fraction of sp³-hybridized carbons (Fsp3) is 0.167. The minimum absolute atomic E-state index is 0.0794. The molecule has 0 fully saturated rings. The number of methoxy groups -OCH3 is 1. The van der Waals surface area contributed by atoms with Gasteiger partial charge in [-0.2, -0.15) is 5.26 Å². The molecule has 22 heavy (non-hydrogen) atoms. The third kappa shape index (κ3) is 3.58. The van der Waals surface area contributed by atoms with Crippen LogP contribution in [0.15, 0.2) is 54.6 Å². The first-order valence-corrected chi connectivity index (χ1v) is 6.82. The first-order chi connectivity index (χ1) is 10.7. The Morgan fingerprint density at radius 2 is 1.68 bits per heavy atom. The Hall–Kier alpha value is -2.93. The molecule has 2 rings (SSSR count). The van der Waals surface area contributed by atoms with Gasteiger partial charge in [0.1, 0.15) is 0 Å². The van der Waals surface area contributed by atoms with Crippen molar-refractivity contribution in [2.75, 3.05) is 7.11 Å². The summed E-state index contributed by atoms with van der Waals surface area (Å²) in [5.41, 5.74) is 1.71. The van der Waals surface area contributed by atoms with E-state index in [1.165, 1.54) is 7.11 Å². The summed E-state index contributed by atoms with van der Waals surface area (Å²) in [6.45, 7) is 0. The van der Waals surface area contributed by atoms with Crippen LogP contribution in [-0.4, -0.2) is 18.9 Å². The monoisotopic (exact) mass is 293 g/mol. The van der Waals surface area contributed by atoms with E-state index < -0.39 is 11.9 Å². The van der Waals surface area contributed by atoms with Crippen LogP contribution < -0.4 is 0 Å². The maximum atomic E-state index is 12.2. The summed E-state index contributed by atoms with van der Waals surface area (Å²) in [5.74, 6) is -1.05. The van der Waals surface area contributed by atoms with Crippen molar-refractivity contribution in [2.24, 2.45) is 0 Å². The molecule has 1 unspecified atom stereocenters. The molecule has 0 saturated heterocycles. The molecule has 0 heterocycles. The number of ether oxygens (including phenoxy) is 1. The summed E-state index contributed by atoms with van der Waals surface area (Å²) in [6.07, 6.45) is 0.109. The molecule has 0 aliphatic rings. The Morgan fingerprint density at radius 1 is 1.05 bits per heavy atom. The van der Waals surface area contributed by atoms with Gasteiger partial charge in [-0.15, -0.1) is 0 Å². The largest absolute Gasteiger partial charge is 0.465 e. The molecule has 4 heteroatoms. The second-order valence-corrected chi connectivity index (χ2v) is 4.79. The number of rotatable bonds is 5. The number of nitrogens with zero attached hydrogens (tertiary/aromatic N) is 1. The molecule has 0 aliphatic carbocycles. The molecule has 0 aliphatic heterocycles. The van der Waals surface area contributed by atoms with Crippen molar-refractivity contribution in [1.29, 1.82) is 5.26 Å². The van der Waals surface area contributed by atoms with Crippen LogP contribution in [0, 0.1) is 11.3 Å². The van der Waals surface area contributed by atoms with E-state index in [0.717, 1.165) is 0 Å². The van der Waals surface area contributed by atoms with Gasteiger partial charge in [-0.05, 0) is 17.7 Å². The molecule has 2 aromatic rings. The van der Waals surface area contributed by atoms with Gasteiger partial charge in [0.2, 0.25) is 0 Å². The quantitative estimate of drug-likeness (QED) is 0.626. The van der Waals surface area contributed by atoms with Gasteiger partial charge in [0.15, 0.2) is 5.78 Å². The third-order valence-corrected chi connectivity index (χ3v) is 3.38. The lowest BCUT2D eigenvalue weighted by Gasteiger charge is -2.09. The standard InChI is InChI=1S/C18H15NO3/c1-22-18(21)15-9-7-13(8-10-15)16(12-19)11-17(20)14-5-3-2-4-6-14/h2-10,16H,11H2,1H3. The molecular formula is C18H15NO3. The smallest absolute Gasteiger partial charge is 0.337 e. The molecular weight excluding hydrogens is 278 g/mol. The first kappa shape index (κ1) is 15.5. The third-order valence-electron chi connectivity index (χ3n) is 3.38. The van der Waals surface area contributed by atoms with Crippen molar-refractivity contribution in [3.8, 4) is 6.07 Å². The molecule has 0 N–H and O–H groups in total. The highest BCUT2D eigenvalue weighted by molar-refractivity contribution is 5.96. The fourth-order valence-corrected chi connectivity index (χ4v) is 2.13. The van der Waals surface area contributed by atoms with Crippen LogP contribution in [0.3, 0.4) is 0 Å². The Kier molecular flexibility index (Phi) is 5.05. The second-order valence-electron chi connectivity index (χ2n) is 4.79. The molecule has 0 spiro atoms. The number of benzene rings is 2. The summed E-state index contributed by atoms with van der Waals surface area (Å²) in [5, 5.41) is 9.31. The Morgan fingerprint density at radius 3 is 2.23 bits per heavy atom. The molecule has 110 valence electrons. The van der Waals surface area contributed by atoms with Crippen molar-refractivity contribution < 1.29 is 14.3 Å². The summed E-state index contributed by atoms with van der Waals surface area (Å²) in [6, 6.07) is 17.6. The van der Waals surface area contributed by atoms with E-state index in [4.69, 9.17) is 0 Å². The molecule has 0 saturated carbocycles. The number of hydrogen-bond acceptors (Lipinski definition) is 4. The molecule has 1 atom stereocenters. The van der Waals surface area contributed by atoms with Crippen LogP contribution in [0.4, 0.5) is 0 Å². The predicted molar refractivity (Wildman–Crippen MR) is 81.5 cm³/mol. The maximum absolute atomic E-state index is 12.2. The summed E-state index contributed by atoms with van der Waals surface area (Å²) >= 11 is 0. The molecule has 0 aromatic heterocycles. The summed E-state index contributed by atoms with van der Waals surface area (Å²) in [7, 11) is 1.31. The number of carbonyl (C=O) groups excluding carboxylic acids is 2. The van der Waals surface area contributed by atoms with Gasteiger partial charge in [0.05, 0.1) is 24.7 Å². The van der Waals surface area contributed by atoms with Crippen LogP contribution in [-0.2, 0) is 4.74 Å². The van der Waals surface area contributed by atoms with Crippen LogP contribution in [0.1, 0.15) is 38.6 Å². The van der Waals surface area contributed by atoms with Gasteiger partial charge in [-0.25, -0.2) is 4.79 Å². The highest BCUT2D eigenvalue weighted by Crippen LogP contribution is 2.22. The maximum Gasteiger partial charge on any atom is 0.337 e. The van der Waals surface area contributed by atoms with E-state index in [2.05, 4.69) is 10.8 Å². The van der Waals surface area contributed by atoms with Gasteiger partial charge in [-0.3, -0.25) is 4.79 Å². The van der Waals surface area contributed by atoms with Gasteiger partial charge in [0.25, 0.3) is 0 Å². The topological polar surface area (TPSA) is 67.2 Å². The van der Waals surface area contributed by atoms with Crippen molar-refractivity contribution in [3.05, 3.63) is 71.3 Å². The second kappa shape index (κ2) is 7.19. The van der Waals surface area contributed by atoms with Crippen molar-refractivity contribution in [1.82, 2.24) is 0 Å². The lowest BCUT2D eigenvalue weighted by atomic mass is 9.92. The Labute approximate surface area is 129 Å². The van der Waals surface area contributed by atoms with Crippen molar-refractivity contribution >= 4 is 11.8 Å². The summed E-state index contributed by atoms with van der Waals surface area (Å²) in [4.78, 5) is 23.6. The zero-order valence-corrected chi connectivity index (χ0v) is 12.2. The number of esters is 1. The zero-order valence-electron chi connectivity index (χ0n) is 12.2. The van der Waals surface area contributed by atoms with Crippen LogP contribution >= 0.6 is 0 Å². The first-order valence-electron chi connectivity index (χ1n) is 6.82.